The number of allylic oxidation sites excluding steroid dienone is 1. The van der Waals surface area contributed by atoms with Gasteiger partial charge in [0.15, 0.2) is 0 Å². The minimum absolute atomic E-state index is 0.0398. The summed E-state index contributed by atoms with van der Waals surface area (Å²) in [6, 6.07) is 0. The number of aliphatic hydroxyl groups is 1. The number of ether oxygens (including phenoxy) is 1. The van der Waals surface area contributed by atoms with Gasteiger partial charge in [-0.15, -0.1) is 0 Å². The Balaban J connectivity index is 1.63. The van der Waals surface area contributed by atoms with Gasteiger partial charge in [0.1, 0.15) is 0 Å². The van der Waals surface area contributed by atoms with Gasteiger partial charge in [0.05, 0.1) is 18.1 Å². The molecule has 0 aliphatic heterocycles. The summed E-state index contributed by atoms with van der Waals surface area (Å²) in [5, 5.41) is 21.6. The lowest BCUT2D eigenvalue weighted by atomic mass is 9.32. The smallest absolute Gasteiger partial charge is 0.309 e. The van der Waals surface area contributed by atoms with Crippen molar-refractivity contribution < 1.29 is 24.5 Å². The SMILES string of the molecule is C=C(C)[C@@H]1CC[C@@]2(C(=O)O)CC[C@]3(COC(C)=O)[C@H](CC[C@H]4[C@@]5(C)CC[C@H](O)C(C)(C)[C@H]5CC[C@@]43C)[C@@H]12. The van der Waals surface area contributed by atoms with Crippen LogP contribution in [-0.2, 0) is 14.3 Å². The van der Waals surface area contributed by atoms with Crippen molar-refractivity contribution in [3.8, 4) is 0 Å². The van der Waals surface area contributed by atoms with E-state index < -0.39 is 11.4 Å². The molecular formula is C32H50O5. The largest absolute Gasteiger partial charge is 0.481 e. The van der Waals surface area contributed by atoms with Gasteiger partial charge in [-0.25, -0.2) is 0 Å². The van der Waals surface area contributed by atoms with Crippen LogP contribution in [0.2, 0.25) is 0 Å². The number of hydrogen-bond donors (Lipinski definition) is 2. The molecule has 0 unspecified atom stereocenters. The maximum absolute atomic E-state index is 12.9. The van der Waals surface area contributed by atoms with Gasteiger partial charge in [-0.3, -0.25) is 9.59 Å². The summed E-state index contributed by atoms with van der Waals surface area (Å²) in [5.74, 6) is 0.546. The fourth-order valence-electron chi connectivity index (χ4n) is 11.9. The molecule has 5 rings (SSSR count). The highest BCUT2D eigenvalue weighted by molar-refractivity contribution is 5.76. The zero-order valence-corrected chi connectivity index (χ0v) is 24.1. The maximum atomic E-state index is 12.9. The Bertz CT molecular complexity index is 986. The van der Waals surface area contributed by atoms with Gasteiger partial charge in [0, 0.05) is 12.3 Å². The van der Waals surface area contributed by atoms with E-state index >= 15 is 0 Å². The van der Waals surface area contributed by atoms with Crippen molar-refractivity contribution in [2.24, 2.45) is 56.7 Å². The highest BCUT2D eigenvalue weighted by Crippen LogP contribution is 2.77. The van der Waals surface area contributed by atoms with E-state index in [1.54, 1.807) is 0 Å². The molecule has 5 saturated carbocycles. The van der Waals surface area contributed by atoms with Crippen molar-refractivity contribution in [1.82, 2.24) is 0 Å². The summed E-state index contributed by atoms with van der Waals surface area (Å²) in [7, 11) is 0. The molecule has 0 radical (unpaired) electrons. The summed E-state index contributed by atoms with van der Waals surface area (Å²) in [5.41, 5.74) is 0.168. The first-order valence-corrected chi connectivity index (χ1v) is 14.9. The number of carboxylic acid groups (broad SMARTS) is 1. The molecule has 0 bridgehead atoms. The van der Waals surface area contributed by atoms with Crippen molar-refractivity contribution >= 4 is 11.9 Å². The molecule has 0 amide bonds. The van der Waals surface area contributed by atoms with Gasteiger partial charge in [0.2, 0.25) is 0 Å². The minimum Gasteiger partial charge on any atom is -0.481 e. The van der Waals surface area contributed by atoms with Crippen LogP contribution in [0.1, 0.15) is 106 Å². The lowest BCUT2D eigenvalue weighted by Gasteiger charge is -2.73. The Morgan fingerprint density at radius 1 is 0.892 bits per heavy atom. The number of carboxylic acids is 1. The minimum atomic E-state index is -0.685. The molecule has 5 heteroatoms. The average molecular weight is 515 g/mol. The van der Waals surface area contributed by atoms with E-state index in [1.807, 2.05) is 0 Å². The third-order valence-electron chi connectivity index (χ3n) is 13.7. The average Bonchev–Trinajstić information content (AvgIpc) is 3.22. The predicted molar refractivity (Wildman–Crippen MR) is 144 cm³/mol. The third kappa shape index (κ3) is 3.44. The first kappa shape index (κ1) is 27.2. The highest BCUT2D eigenvalue weighted by atomic mass is 16.5. The van der Waals surface area contributed by atoms with Gasteiger partial charge in [-0.1, -0.05) is 39.8 Å². The summed E-state index contributed by atoms with van der Waals surface area (Å²) in [6.07, 6.45) is 8.95. The predicted octanol–water partition coefficient (Wildman–Crippen LogP) is 6.63. The van der Waals surface area contributed by atoms with E-state index in [0.29, 0.717) is 24.9 Å². The van der Waals surface area contributed by atoms with Gasteiger partial charge < -0.3 is 14.9 Å². The van der Waals surface area contributed by atoms with E-state index in [-0.39, 0.29) is 51.5 Å². The molecule has 0 saturated heterocycles. The molecule has 5 aliphatic carbocycles. The van der Waals surface area contributed by atoms with Crippen LogP contribution in [0.25, 0.3) is 0 Å². The Morgan fingerprint density at radius 3 is 2.22 bits per heavy atom. The zero-order chi connectivity index (χ0) is 27.2. The first-order valence-electron chi connectivity index (χ1n) is 14.9. The third-order valence-corrected chi connectivity index (χ3v) is 13.7. The van der Waals surface area contributed by atoms with E-state index in [9.17, 15) is 19.8 Å². The molecule has 5 aliphatic rings. The van der Waals surface area contributed by atoms with Gasteiger partial charge >= 0.3 is 11.9 Å². The molecule has 0 aromatic carbocycles. The molecule has 2 N–H and O–H groups in total. The molecule has 5 nitrogen and oxygen atoms in total. The topological polar surface area (TPSA) is 83.8 Å². The Kier molecular flexibility index (Phi) is 6.30. The van der Waals surface area contributed by atoms with E-state index in [1.165, 1.54) is 6.92 Å². The molecule has 5 fully saturated rings. The molecule has 0 heterocycles. The second-order valence-corrected chi connectivity index (χ2v) is 15.0. The Labute approximate surface area is 223 Å². The summed E-state index contributed by atoms with van der Waals surface area (Å²) in [4.78, 5) is 25.2. The fraction of sp³-hybridized carbons (Fsp3) is 0.875. The van der Waals surface area contributed by atoms with Gasteiger partial charge in [0.25, 0.3) is 0 Å². The molecular weight excluding hydrogens is 464 g/mol. The van der Waals surface area contributed by atoms with Crippen LogP contribution in [0.15, 0.2) is 12.2 Å². The number of carbonyl (C=O) groups excluding carboxylic acids is 1. The maximum Gasteiger partial charge on any atom is 0.309 e. The van der Waals surface area contributed by atoms with Gasteiger partial charge in [-0.05, 0) is 117 Å². The number of aliphatic hydroxyl groups excluding tert-OH is 1. The zero-order valence-electron chi connectivity index (χ0n) is 24.1. The second kappa shape index (κ2) is 8.57. The molecule has 0 spiro atoms. The van der Waals surface area contributed by atoms with Crippen molar-refractivity contribution in [3.63, 3.8) is 0 Å². The molecule has 10 atom stereocenters. The Hall–Kier alpha value is -1.36. The number of esters is 1. The van der Waals surface area contributed by atoms with E-state index in [0.717, 1.165) is 63.4 Å². The molecule has 37 heavy (non-hydrogen) atoms. The lowest BCUT2D eigenvalue weighted by molar-refractivity contribution is -0.263. The molecule has 208 valence electrons. The van der Waals surface area contributed by atoms with E-state index in [2.05, 4.69) is 41.2 Å². The number of hydrogen-bond acceptors (Lipinski definition) is 4. The van der Waals surface area contributed by atoms with Crippen LogP contribution in [-0.4, -0.2) is 34.9 Å². The number of aliphatic carboxylic acids is 1. The molecule has 0 aromatic heterocycles. The lowest BCUT2D eigenvalue weighted by Crippen LogP contribution is -2.69. The monoisotopic (exact) mass is 514 g/mol. The normalized spacial score (nSPS) is 50.1. The van der Waals surface area contributed by atoms with Crippen LogP contribution in [0, 0.1) is 56.7 Å². The van der Waals surface area contributed by atoms with Crippen molar-refractivity contribution in [2.75, 3.05) is 6.61 Å². The first-order chi connectivity index (χ1) is 17.2. The van der Waals surface area contributed by atoms with E-state index in [4.69, 9.17) is 4.74 Å². The summed E-state index contributed by atoms with van der Waals surface area (Å²) in [6.45, 7) is 17.8. The van der Waals surface area contributed by atoms with Crippen molar-refractivity contribution in [1.29, 1.82) is 0 Å². The van der Waals surface area contributed by atoms with Crippen LogP contribution in [0.4, 0.5) is 0 Å². The fourth-order valence-corrected chi connectivity index (χ4v) is 11.9. The highest BCUT2D eigenvalue weighted by Gasteiger charge is 2.73. The number of rotatable bonds is 4. The Morgan fingerprint density at radius 2 is 1.59 bits per heavy atom. The standard InChI is InChI=1S/C32H50O5/c1-19(2)21-10-15-31(27(35)36)16-17-32(18-37-20(3)33)22(26(21)31)8-9-24-29(6)13-12-25(34)28(4,5)23(29)11-14-30(24,32)7/h21-26,34H,1,8-18H2,2-7H3,(H,35,36)/t21-,22+,23+,24-,25-,26+,29-,30-,31+,32-/m0/s1. The quantitative estimate of drug-likeness (QED) is 0.325. The van der Waals surface area contributed by atoms with Crippen LogP contribution in [0.5, 0.6) is 0 Å². The number of fused-ring (bicyclic) bond motifs is 7. The molecule has 0 aromatic rings. The summed E-state index contributed by atoms with van der Waals surface area (Å²) < 4.78 is 5.97. The van der Waals surface area contributed by atoms with Crippen LogP contribution < -0.4 is 0 Å². The van der Waals surface area contributed by atoms with Crippen LogP contribution >= 0.6 is 0 Å². The summed E-state index contributed by atoms with van der Waals surface area (Å²) >= 11 is 0. The second-order valence-electron chi connectivity index (χ2n) is 15.0. The van der Waals surface area contributed by atoms with Gasteiger partial charge in [-0.2, -0.15) is 0 Å². The van der Waals surface area contributed by atoms with Crippen molar-refractivity contribution in [2.45, 2.75) is 112 Å². The van der Waals surface area contributed by atoms with Crippen LogP contribution in [0.3, 0.4) is 0 Å². The van der Waals surface area contributed by atoms with Crippen molar-refractivity contribution in [3.05, 3.63) is 12.2 Å². The number of carbonyl (C=O) groups is 2.